The van der Waals surface area contributed by atoms with Crippen molar-refractivity contribution in [1.82, 2.24) is 9.80 Å². The van der Waals surface area contributed by atoms with Crippen molar-refractivity contribution in [2.45, 2.75) is 20.0 Å². The Morgan fingerprint density at radius 2 is 2.00 bits per heavy atom. The highest BCUT2D eigenvalue weighted by Crippen LogP contribution is 2.20. The molecule has 6 heteroatoms. The molecule has 6 nitrogen and oxygen atoms in total. The number of methoxy groups -OCH3 is 1. The van der Waals surface area contributed by atoms with Crippen LogP contribution in [0.5, 0.6) is 5.75 Å². The average Bonchev–Trinajstić information content (AvgIpc) is 2.60. The van der Waals surface area contributed by atoms with E-state index >= 15 is 0 Å². The number of amides is 1. The van der Waals surface area contributed by atoms with Crippen LogP contribution in [-0.4, -0.2) is 80.0 Å². The fourth-order valence-electron chi connectivity index (χ4n) is 2.87. The van der Waals surface area contributed by atoms with Crippen LogP contribution in [0.15, 0.2) is 18.2 Å². The SMILES string of the molecule is CCOC[C@H](O)CN1CCN(C(=O)c2ccc(C)c(OC)c2)CC1. The second kappa shape index (κ2) is 9.01. The number of benzene rings is 1. The number of ether oxygens (including phenoxy) is 2. The van der Waals surface area contributed by atoms with Gasteiger partial charge < -0.3 is 19.5 Å². The first-order chi connectivity index (χ1) is 11.5. The molecule has 1 aliphatic heterocycles. The standard InChI is InChI=1S/C18H28N2O4/c1-4-24-13-16(21)12-19-7-9-20(10-8-19)18(22)15-6-5-14(2)17(11-15)23-3/h5-6,11,16,21H,4,7-10,12-13H2,1-3H3/t16-/m1/s1. The van der Waals surface area contributed by atoms with Gasteiger partial charge in [0.2, 0.25) is 0 Å². The molecule has 1 aliphatic rings. The summed E-state index contributed by atoms with van der Waals surface area (Å²) in [7, 11) is 1.61. The molecule has 0 aromatic heterocycles. The van der Waals surface area contributed by atoms with Crippen LogP contribution in [0.3, 0.4) is 0 Å². The number of hydrogen-bond acceptors (Lipinski definition) is 5. The van der Waals surface area contributed by atoms with Crippen LogP contribution in [0.2, 0.25) is 0 Å². The Labute approximate surface area is 144 Å². The van der Waals surface area contributed by atoms with Crippen molar-refractivity contribution in [1.29, 1.82) is 0 Å². The summed E-state index contributed by atoms with van der Waals surface area (Å²) in [5.74, 6) is 0.765. The lowest BCUT2D eigenvalue weighted by atomic mass is 10.1. The van der Waals surface area contributed by atoms with Crippen molar-refractivity contribution in [3.05, 3.63) is 29.3 Å². The van der Waals surface area contributed by atoms with E-state index in [4.69, 9.17) is 9.47 Å². The molecule has 2 rings (SSSR count). The van der Waals surface area contributed by atoms with Gasteiger partial charge in [-0.2, -0.15) is 0 Å². The number of carbonyl (C=O) groups is 1. The molecule has 1 fully saturated rings. The monoisotopic (exact) mass is 336 g/mol. The minimum Gasteiger partial charge on any atom is -0.496 e. The first-order valence-corrected chi connectivity index (χ1v) is 8.47. The fourth-order valence-corrected chi connectivity index (χ4v) is 2.87. The average molecular weight is 336 g/mol. The van der Waals surface area contributed by atoms with Gasteiger partial charge in [0, 0.05) is 44.9 Å². The summed E-state index contributed by atoms with van der Waals surface area (Å²) in [6, 6.07) is 5.56. The highest BCUT2D eigenvalue weighted by molar-refractivity contribution is 5.94. The summed E-state index contributed by atoms with van der Waals surface area (Å²) in [6.45, 7) is 8.28. The van der Waals surface area contributed by atoms with Crippen molar-refractivity contribution in [3.8, 4) is 5.75 Å². The van der Waals surface area contributed by atoms with Crippen molar-refractivity contribution < 1.29 is 19.4 Å². The Hall–Kier alpha value is -1.63. The number of nitrogens with zero attached hydrogens (tertiary/aromatic N) is 2. The predicted octanol–water partition coefficient (Wildman–Crippen LogP) is 1.16. The van der Waals surface area contributed by atoms with E-state index in [1.54, 1.807) is 13.2 Å². The van der Waals surface area contributed by atoms with Gasteiger partial charge in [0.1, 0.15) is 5.75 Å². The minimum atomic E-state index is -0.478. The zero-order chi connectivity index (χ0) is 17.5. The van der Waals surface area contributed by atoms with Crippen LogP contribution in [0.1, 0.15) is 22.8 Å². The van der Waals surface area contributed by atoms with Gasteiger partial charge in [-0.05, 0) is 31.5 Å². The zero-order valence-electron chi connectivity index (χ0n) is 14.8. The molecule has 1 heterocycles. The van der Waals surface area contributed by atoms with Crippen LogP contribution in [0, 0.1) is 6.92 Å². The second-order valence-electron chi connectivity index (χ2n) is 6.09. The third kappa shape index (κ3) is 4.93. The molecular formula is C18H28N2O4. The highest BCUT2D eigenvalue weighted by atomic mass is 16.5. The summed E-state index contributed by atoms with van der Waals surface area (Å²) >= 11 is 0. The fraction of sp³-hybridized carbons (Fsp3) is 0.611. The number of aryl methyl sites for hydroxylation is 1. The Bertz CT molecular complexity index is 542. The molecule has 0 unspecified atom stereocenters. The lowest BCUT2D eigenvalue weighted by molar-refractivity contribution is 0.0111. The minimum absolute atomic E-state index is 0.0304. The van der Waals surface area contributed by atoms with E-state index in [0.717, 1.165) is 24.4 Å². The van der Waals surface area contributed by atoms with Crippen LogP contribution < -0.4 is 4.74 Å². The van der Waals surface area contributed by atoms with Crippen molar-refractivity contribution in [2.24, 2.45) is 0 Å². The number of carbonyl (C=O) groups excluding carboxylic acids is 1. The van der Waals surface area contributed by atoms with E-state index < -0.39 is 6.10 Å². The molecule has 0 spiro atoms. The summed E-state index contributed by atoms with van der Waals surface area (Å²) in [5, 5.41) is 9.91. The number of aliphatic hydroxyl groups is 1. The molecule has 0 bridgehead atoms. The van der Waals surface area contributed by atoms with Crippen LogP contribution in [-0.2, 0) is 4.74 Å². The number of rotatable bonds is 7. The normalized spacial score (nSPS) is 16.9. The molecule has 1 amide bonds. The largest absolute Gasteiger partial charge is 0.496 e. The molecule has 24 heavy (non-hydrogen) atoms. The molecule has 0 radical (unpaired) electrons. The van der Waals surface area contributed by atoms with E-state index in [9.17, 15) is 9.90 Å². The van der Waals surface area contributed by atoms with Gasteiger partial charge >= 0.3 is 0 Å². The second-order valence-corrected chi connectivity index (χ2v) is 6.09. The Morgan fingerprint density at radius 3 is 2.62 bits per heavy atom. The van der Waals surface area contributed by atoms with Crippen LogP contribution in [0.25, 0.3) is 0 Å². The van der Waals surface area contributed by atoms with E-state index in [0.29, 0.717) is 38.4 Å². The number of piperazine rings is 1. The van der Waals surface area contributed by atoms with Crippen LogP contribution in [0.4, 0.5) is 0 Å². The number of aliphatic hydroxyl groups excluding tert-OH is 1. The summed E-state index contributed by atoms with van der Waals surface area (Å²) in [4.78, 5) is 16.7. The van der Waals surface area contributed by atoms with Crippen LogP contribution >= 0.6 is 0 Å². The Morgan fingerprint density at radius 1 is 1.29 bits per heavy atom. The molecule has 134 valence electrons. The number of hydrogen-bond donors (Lipinski definition) is 1. The first kappa shape index (κ1) is 18.7. The van der Waals surface area contributed by atoms with E-state index in [2.05, 4.69) is 4.90 Å². The van der Waals surface area contributed by atoms with E-state index in [-0.39, 0.29) is 5.91 Å². The summed E-state index contributed by atoms with van der Waals surface area (Å²) in [5.41, 5.74) is 1.67. The van der Waals surface area contributed by atoms with Gasteiger partial charge in [-0.3, -0.25) is 9.69 Å². The smallest absolute Gasteiger partial charge is 0.254 e. The Balaban J connectivity index is 1.86. The molecule has 0 aliphatic carbocycles. The maximum absolute atomic E-state index is 12.6. The van der Waals surface area contributed by atoms with Gasteiger partial charge in [0.25, 0.3) is 5.91 Å². The molecule has 1 atom stereocenters. The lowest BCUT2D eigenvalue weighted by Gasteiger charge is -2.35. The van der Waals surface area contributed by atoms with Gasteiger partial charge in [0.05, 0.1) is 19.8 Å². The first-order valence-electron chi connectivity index (χ1n) is 8.47. The third-order valence-electron chi connectivity index (χ3n) is 4.30. The lowest BCUT2D eigenvalue weighted by Crippen LogP contribution is -2.50. The topological polar surface area (TPSA) is 62.2 Å². The maximum Gasteiger partial charge on any atom is 0.254 e. The predicted molar refractivity (Wildman–Crippen MR) is 92.6 cm³/mol. The highest BCUT2D eigenvalue weighted by Gasteiger charge is 2.23. The van der Waals surface area contributed by atoms with E-state index in [1.165, 1.54) is 0 Å². The Kier molecular flexibility index (Phi) is 7.02. The van der Waals surface area contributed by atoms with Crippen molar-refractivity contribution in [2.75, 3.05) is 53.0 Å². The van der Waals surface area contributed by atoms with Gasteiger partial charge in [0.15, 0.2) is 0 Å². The molecule has 1 saturated heterocycles. The van der Waals surface area contributed by atoms with Gasteiger partial charge in [-0.25, -0.2) is 0 Å². The quantitative estimate of drug-likeness (QED) is 0.810. The van der Waals surface area contributed by atoms with Gasteiger partial charge in [-0.15, -0.1) is 0 Å². The zero-order valence-corrected chi connectivity index (χ0v) is 14.8. The molecule has 0 saturated carbocycles. The van der Waals surface area contributed by atoms with E-state index in [1.807, 2.05) is 30.9 Å². The molecule has 1 aromatic carbocycles. The molecule has 1 N–H and O–H groups in total. The molecule has 1 aromatic rings. The third-order valence-corrected chi connectivity index (χ3v) is 4.30. The molecular weight excluding hydrogens is 308 g/mol. The van der Waals surface area contributed by atoms with Gasteiger partial charge in [-0.1, -0.05) is 6.07 Å². The summed E-state index contributed by atoms with van der Waals surface area (Å²) in [6.07, 6.45) is -0.478. The summed E-state index contributed by atoms with van der Waals surface area (Å²) < 4.78 is 10.5. The maximum atomic E-state index is 12.6. The number of β-amino-alcohol motifs (C(OH)–C–C–N with tert-alkyl or cyclic N) is 1. The van der Waals surface area contributed by atoms with Crippen molar-refractivity contribution in [3.63, 3.8) is 0 Å². The van der Waals surface area contributed by atoms with Crippen molar-refractivity contribution >= 4 is 5.91 Å².